The van der Waals surface area contributed by atoms with Gasteiger partial charge in [-0.25, -0.2) is 0 Å². The van der Waals surface area contributed by atoms with Crippen molar-refractivity contribution in [3.05, 3.63) is 0 Å². The Balaban J connectivity index is 2.12. The highest BCUT2D eigenvalue weighted by molar-refractivity contribution is 5.00. The summed E-state index contributed by atoms with van der Waals surface area (Å²) >= 11 is 0. The fourth-order valence-corrected chi connectivity index (χ4v) is 2.23. The van der Waals surface area contributed by atoms with Crippen molar-refractivity contribution in [1.29, 1.82) is 5.26 Å². The molecule has 0 amide bonds. The smallest absolute Gasteiger partial charge is 0.101 e. The van der Waals surface area contributed by atoms with Crippen molar-refractivity contribution in [3.63, 3.8) is 0 Å². The number of ether oxygens (including phenoxy) is 1. The Labute approximate surface area is 105 Å². The van der Waals surface area contributed by atoms with E-state index in [-0.39, 0.29) is 0 Å². The van der Waals surface area contributed by atoms with Crippen molar-refractivity contribution >= 4 is 0 Å². The number of nitriles is 1. The van der Waals surface area contributed by atoms with Crippen LogP contribution in [0.15, 0.2) is 0 Å². The van der Waals surface area contributed by atoms with Crippen molar-refractivity contribution in [2.45, 2.75) is 38.1 Å². The molecule has 1 heterocycles. The Bertz CT molecular complexity index is 254. The van der Waals surface area contributed by atoms with Crippen LogP contribution >= 0.6 is 0 Å². The lowest BCUT2D eigenvalue weighted by atomic mass is 9.98. The standard InChI is InChI=1S/C13H25N3O/c1-13(15,11-14)6-3-7-16(2)10-12-4-8-17-9-5-12/h12H,3-10,15H2,1-2H3. The van der Waals surface area contributed by atoms with Crippen LogP contribution in [-0.4, -0.2) is 43.8 Å². The van der Waals surface area contributed by atoms with Crippen LogP contribution in [0, 0.1) is 17.2 Å². The molecule has 1 fully saturated rings. The first-order chi connectivity index (χ1) is 8.03. The molecule has 1 unspecified atom stereocenters. The van der Waals surface area contributed by atoms with Gasteiger partial charge in [-0.05, 0) is 52.1 Å². The van der Waals surface area contributed by atoms with Crippen LogP contribution in [0.1, 0.15) is 32.6 Å². The average Bonchev–Trinajstić information content (AvgIpc) is 2.30. The normalized spacial score (nSPS) is 21.1. The van der Waals surface area contributed by atoms with E-state index in [4.69, 9.17) is 15.7 Å². The lowest BCUT2D eigenvalue weighted by Gasteiger charge is -2.27. The molecular formula is C13H25N3O. The molecule has 4 heteroatoms. The van der Waals surface area contributed by atoms with Gasteiger partial charge in [-0.3, -0.25) is 0 Å². The highest BCUT2D eigenvalue weighted by Gasteiger charge is 2.18. The number of nitrogens with zero attached hydrogens (tertiary/aromatic N) is 2. The van der Waals surface area contributed by atoms with Crippen molar-refractivity contribution < 1.29 is 4.74 Å². The monoisotopic (exact) mass is 239 g/mol. The maximum absolute atomic E-state index is 8.82. The van der Waals surface area contributed by atoms with Crippen molar-refractivity contribution in [1.82, 2.24) is 4.90 Å². The summed E-state index contributed by atoms with van der Waals surface area (Å²) in [6, 6.07) is 2.14. The van der Waals surface area contributed by atoms with Gasteiger partial charge in [-0.1, -0.05) is 0 Å². The summed E-state index contributed by atoms with van der Waals surface area (Å²) in [5.74, 6) is 0.772. The first-order valence-electron chi connectivity index (χ1n) is 6.50. The second-order valence-corrected chi connectivity index (χ2v) is 5.45. The summed E-state index contributed by atoms with van der Waals surface area (Å²) in [6.07, 6.45) is 4.11. The number of rotatable bonds is 6. The highest BCUT2D eigenvalue weighted by Crippen LogP contribution is 2.16. The summed E-state index contributed by atoms with van der Waals surface area (Å²) < 4.78 is 5.35. The van der Waals surface area contributed by atoms with Crippen LogP contribution in [0.25, 0.3) is 0 Å². The van der Waals surface area contributed by atoms with Gasteiger partial charge in [0.05, 0.1) is 6.07 Å². The van der Waals surface area contributed by atoms with Gasteiger partial charge in [-0.15, -0.1) is 0 Å². The summed E-state index contributed by atoms with van der Waals surface area (Å²) in [4.78, 5) is 2.35. The van der Waals surface area contributed by atoms with Gasteiger partial charge in [0.1, 0.15) is 5.54 Å². The van der Waals surface area contributed by atoms with E-state index in [0.29, 0.717) is 0 Å². The molecule has 1 rings (SSSR count). The molecule has 0 aromatic rings. The molecule has 17 heavy (non-hydrogen) atoms. The molecule has 0 aromatic carbocycles. The van der Waals surface area contributed by atoms with E-state index in [0.717, 1.165) is 45.1 Å². The average molecular weight is 239 g/mol. The minimum absolute atomic E-state index is 0.667. The van der Waals surface area contributed by atoms with Crippen molar-refractivity contribution in [2.75, 3.05) is 33.4 Å². The highest BCUT2D eigenvalue weighted by atomic mass is 16.5. The minimum Gasteiger partial charge on any atom is -0.381 e. The van der Waals surface area contributed by atoms with E-state index >= 15 is 0 Å². The molecule has 0 aromatic heterocycles. The van der Waals surface area contributed by atoms with Crippen LogP contribution in [0.2, 0.25) is 0 Å². The Morgan fingerprint density at radius 3 is 2.71 bits per heavy atom. The molecule has 0 spiro atoms. The van der Waals surface area contributed by atoms with E-state index in [1.54, 1.807) is 6.92 Å². The molecule has 1 saturated heterocycles. The summed E-state index contributed by atoms with van der Waals surface area (Å²) in [5, 5.41) is 8.82. The van der Waals surface area contributed by atoms with E-state index in [2.05, 4.69) is 18.0 Å². The van der Waals surface area contributed by atoms with E-state index in [1.807, 2.05) is 0 Å². The number of nitrogens with two attached hydrogens (primary N) is 1. The first-order valence-corrected chi connectivity index (χ1v) is 6.50. The van der Waals surface area contributed by atoms with Gasteiger partial charge in [0, 0.05) is 19.8 Å². The van der Waals surface area contributed by atoms with Crippen molar-refractivity contribution in [3.8, 4) is 6.07 Å². The zero-order valence-electron chi connectivity index (χ0n) is 11.1. The second kappa shape index (κ2) is 6.95. The maximum Gasteiger partial charge on any atom is 0.101 e. The SMILES string of the molecule is CN(CCCC(C)(N)C#N)CC1CCOCC1. The molecule has 98 valence electrons. The van der Waals surface area contributed by atoms with Crippen LogP contribution in [0.4, 0.5) is 0 Å². The minimum atomic E-state index is -0.667. The van der Waals surface area contributed by atoms with Gasteiger partial charge in [0.15, 0.2) is 0 Å². The number of hydrogen-bond donors (Lipinski definition) is 1. The zero-order valence-corrected chi connectivity index (χ0v) is 11.1. The third-order valence-electron chi connectivity index (χ3n) is 3.40. The lowest BCUT2D eigenvalue weighted by molar-refractivity contribution is 0.0555. The Morgan fingerprint density at radius 2 is 2.12 bits per heavy atom. The number of hydrogen-bond acceptors (Lipinski definition) is 4. The van der Waals surface area contributed by atoms with Crippen molar-refractivity contribution in [2.24, 2.45) is 11.7 Å². The van der Waals surface area contributed by atoms with Crippen LogP contribution in [0.3, 0.4) is 0 Å². The van der Waals surface area contributed by atoms with Crippen LogP contribution < -0.4 is 5.73 Å². The summed E-state index contributed by atoms with van der Waals surface area (Å²) in [6.45, 7) is 5.77. The third-order valence-corrected chi connectivity index (χ3v) is 3.40. The fourth-order valence-electron chi connectivity index (χ4n) is 2.23. The molecule has 0 saturated carbocycles. The van der Waals surface area contributed by atoms with Gasteiger partial charge in [0.25, 0.3) is 0 Å². The summed E-state index contributed by atoms with van der Waals surface area (Å²) in [7, 11) is 2.15. The van der Waals surface area contributed by atoms with Gasteiger partial charge in [-0.2, -0.15) is 5.26 Å². The molecule has 0 aliphatic carbocycles. The van der Waals surface area contributed by atoms with E-state index in [1.165, 1.54) is 12.8 Å². The van der Waals surface area contributed by atoms with Gasteiger partial charge in [0.2, 0.25) is 0 Å². The zero-order chi connectivity index (χ0) is 12.7. The molecule has 1 aliphatic heterocycles. The van der Waals surface area contributed by atoms with E-state index < -0.39 is 5.54 Å². The molecule has 2 N–H and O–H groups in total. The van der Waals surface area contributed by atoms with E-state index in [9.17, 15) is 0 Å². The molecule has 1 atom stereocenters. The molecule has 4 nitrogen and oxygen atoms in total. The molecule has 1 aliphatic rings. The predicted octanol–water partition coefficient (Wildman–Crippen LogP) is 1.37. The third kappa shape index (κ3) is 6.02. The Hall–Kier alpha value is -0.630. The van der Waals surface area contributed by atoms with Crippen LogP contribution in [-0.2, 0) is 4.74 Å². The lowest BCUT2D eigenvalue weighted by Crippen LogP contribution is -2.36. The topological polar surface area (TPSA) is 62.3 Å². The fraction of sp³-hybridized carbons (Fsp3) is 0.923. The Kier molecular flexibility index (Phi) is 5.90. The Morgan fingerprint density at radius 1 is 1.47 bits per heavy atom. The predicted molar refractivity (Wildman–Crippen MR) is 68.5 cm³/mol. The molecule has 0 radical (unpaired) electrons. The first kappa shape index (κ1) is 14.4. The summed E-state index contributed by atoms with van der Waals surface area (Å²) in [5.41, 5.74) is 5.12. The van der Waals surface area contributed by atoms with Gasteiger partial charge < -0.3 is 15.4 Å². The molecular weight excluding hydrogens is 214 g/mol. The quantitative estimate of drug-likeness (QED) is 0.760. The second-order valence-electron chi connectivity index (χ2n) is 5.45. The maximum atomic E-state index is 8.82. The largest absolute Gasteiger partial charge is 0.381 e. The molecule has 0 bridgehead atoms. The van der Waals surface area contributed by atoms with Crippen LogP contribution in [0.5, 0.6) is 0 Å². The van der Waals surface area contributed by atoms with Gasteiger partial charge >= 0.3 is 0 Å².